The van der Waals surface area contributed by atoms with Gasteiger partial charge in [-0.3, -0.25) is 4.99 Å². The van der Waals surface area contributed by atoms with Crippen LogP contribution < -0.4 is 5.32 Å². The SMILES string of the molecule is CCC1=C(C)C(c2ccccc2)N=C(C)N1. The Balaban J connectivity index is 2.40. The lowest BCUT2D eigenvalue weighted by atomic mass is 9.96. The predicted octanol–water partition coefficient (Wildman–Crippen LogP) is 3.43. The van der Waals surface area contributed by atoms with E-state index >= 15 is 0 Å². The van der Waals surface area contributed by atoms with Crippen LogP contribution in [-0.2, 0) is 0 Å². The van der Waals surface area contributed by atoms with Gasteiger partial charge in [0.1, 0.15) is 0 Å². The van der Waals surface area contributed by atoms with Crippen LogP contribution in [0.15, 0.2) is 46.6 Å². The summed E-state index contributed by atoms with van der Waals surface area (Å²) in [5.41, 5.74) is 3.91. The first-order valence-electron chi connectivity index (χ1n) is 5.78. The molecular weight excluding hydrogens is 196 g/mol. The lowest BCUT2D eigenvalue weighted by molar-refractivity contribution is 0.757. The van der Waals surface area contributed by atoms with Gasteiger partial charge in [0.25, 0.3) is 0 Å². The van der Waals surface area contributed by atoms with Crippen LogP contribution >= 0.6 is 0 Å². The van der Waals surface area contributed by atoms with Gasteiger partial charge < -0.3 is 5.32 Å². The average molecular weight is 214 g/mol. The molecule has 1 aliphatic rings. The van der Waals surface area contributed by atoms with Gasteiger partial charge in [-0.05, 0) is 31.4 Å². The summed E-state index contributed by atoms with van der Waals surface area (Å²) in [6, 6.07) is 10.7. The Labute approximate surface area is 97.1 Å². The number of hydrogen-bond donors (Lipinski definition) is 1. The lowest BCUT2D eigenvalue weighted by Gasteiger charge is -2.25. The van der Waals surface area contributed by atoms with Gasteiger partial charge in [-0.15, -0.1) is 0 Å². The maximum Gasteiger partial charge on any atom is 0.0996 e. The second-order valence-electron chi connectivity index (χ2n) is 4.17. The molecule has 0 radical (unpaired) electrons. The molecule has 1 aliphatic heterocycles. The van der Waals surface area contributed by atoms with Crippen molar-refractivity contribution in [3.8, 4) is 0 Å². The van der Waals surface area contributed by atoms with Crippen molar-refractivity contribution >= 4 is 5.84 Å². The second-order valence-corrected chi connectivity index (χ2v) is 4.17. The van der Waals surface area contributed by atoms with Gasteiger partial charge in [-0.1, -0.05) is 37.3 Å². The van der Waals surface area contributed by atoms with E-state index in [-0.39, 0.29) is 6.04 Å². The molecule has 0 aromatic heterocycles. The van der Waals surface area contributed by atoms with Gasteiger partial charge in [0.2, 0.25) is 0 Å². The van der Waals surface area contributed by atoms with Crippen LogP contribution in [-0.4, -0.2) is 5.84 Å². The van der Waals surface area contributed by atoms with Crippen LogP contribution in [0.1, 0.15) is 38.8 Å². The fourth-order valence-corrected chi connectivity index (χ4v) is 2.13. The van der Waals surface area contributed by atoms with Crippen LogP contribution in [0, 0.1) is 0 Å². The van der Waals surface area contributed by atoms with Gasteiger partial charge in [-0.2, -0.15) is 0 Å². The number of aliphatic imine (C=N–C) groups is 1. The first-order chi connectivity index (χ1) is 7.72. The van der Waals surface area contributed by atoms with Gasteiger partial charge in [0.05, 0.1) is 11.9 Å². The Hall–Kier alpha value is -1.57. The topological polar surface area (TPSA) is 24.4 Å². The number of allylic oxidation sites excluding steroid dienone is 1. The average Bonchev–Trinajstić information content (AvgIpc) is 2.33. The minimum absolute atomic E-state index is 0.192. The molecule has 0 aliphatic carbocycles. The number of nitrogens with zero attached hydrogens (tertiary/aromatic N) is 1. The van der Waals surface area contributed by atoms with Crippen LogP contribution in [0.4, 0.5) is 0 Å². The quantitative estimate of drug-likeness (QED) is 0.801. The van der Waals surface area contributed by atoms with Crippen LogP contribution in [0.3, 0.4) is 0 Å². The molecule has 0 bridgehead atoms. The van der Waals surface area contributed by atoms with Crippen molar-refractivity contribution < 1.29 is 0 Å². The van der Waals surface area contributed by atoms with Crippen molar-refractivity contribution in [2.45, 2.75) is 33.2 Å². The Kier molecular flexibility index (Phi) is 3.09. The number of nitrogens with one attached hydrogen (secondary N) is 1. The molecule has 2 heteroatoms. The molecule has 1 aromatic rings. The summed E-state index contributed by atoms with van der Waals surface area (Å²) >= 11 is 0. The van der Waals surface area contributed by atoms with Crippen LogP contribution in [0.25, 0.3) is 0 Å². The molecular formula is C14H18N2. The van der Waals surface area contributed by atoms with E-state index in [1.165, 1.54) is 16.8 Å². The fourth-order valence-electron chi connectivity index (χ4n) is 2.13. The van der Waals surface area contributed by atoms with E-state index in [0.717, 1.165) is 12.3 Å². The zero-order chi connectivity index (χ0) is 11.5. The summed E-state index contributed by atoms with van der Waals surface area (Å²) in [6.07, 6.45) is 1.03. The third-order valence-electron chi connectivity index (χ3n) is 3.01. The predicted molar refractivity (Wildman–Crippen MR) is 68.4 cm³/mol. The molecule has 0 saturated heterocycles. The van der Waals surface area contributed by atoms with Crippen molar-refractivity contribution in [2.75, 3.05) is 0 Å². The molecule has 1 N–H and O–H groups in total. The third-order valence-corrected chi connectivity index (χ3v) is 3.01. The summed E-state index contributed by atoms with van der Waals surface area (Å²) in [6.45, 7) is 6.37. The molecule has 2 nitrogen and oxygen atoms in total. The molecule has 16 heavy (non-hydrogen) atoms. The summed E-state index contributed by atoms with van der Waals surface area (Å²) < 4.78 is 0. The monoisotopic (exact) mass is 214 g/mol. The Morgan fingerprint density at radius 2 is 1.88 bits per heavy atom. The van der Waals surface area contributed by atoms with Crippen LogP contribution in [0.2, 0.25) is 0 Å². The molecule has 0 amide bonds. The minimum atomic E-state index is 0.192. The van der Waals surface area contributed by atoms with Gasteiger partial charge in [0.15, 0.2) is 0 Å². The Morgan fingerprint density at radius 1 is 1.19 bits per heavy atom. The molecule has 1 heterocycles. The number of amidine groups is 1. The highest BCUT2D eigenvalue weighted by molar-refractivity contribution is 5.83. The highest BCUT2D eigenvalue weighted by Gasteiger charge is 2.19. The van der Waals surface area contributed by atoms with E-state index in [1.54, 1.807) is 0 Å². The maximum absolute atomic E-state index is 4.68. The molecule has 84 valence electrons. The summed E-state index contributed by atoms with van der Waals surface area (Å²) in [5, 5.41) is 3.35. The normalized spacial score (nSPS) is 20.4. The van der Waals surface area contributed by atoms with Gasteiger partial charge in [-0.25, -0.2) is 0 Å². The minimum Gasteiger partial charge on any atom is -0.348 e. The molecule has 2 rings (SSSR count). The van der Waals surface area contributed by atoms with Gasteiger partial charge in [0, 0.05) is 5.70 Å². The van der Waals surface area contributed by atoms with E-state index in [4.69, 9.17) is 0 Å². The maximum atomic E-state index is 4.68. The van der Waals surface area contributed by atoms with Crippen molar-refractivity contribution in [3.63, 3.8) is 0 Å². The Bertz CT molecular complexity index is 429. The van der Waals surface area contributed by atoms with Crippen molar-refractivity contribution in [1.29, 1.82) is 0 Å². The smallest absolute Gasteiger partial charge is 0.0996 e. The van der Waals surface area contributed by atoms with E-state index in [2.05, 4.69) is 48.4 Å². The summed E-state index contributed by atoms with van der Waals surface area (Å²) in [4.78, 5) is 4.68. The number of rotatable bonds is 2. The fraction of sp³-hybridized carbons (Fsp3) is 0.357. The molecule has 1 atom stereocenters. The Morgan fingerprint density at radius 3 is 2.50 bits per heavy atom. The molecule has 1 aromatic carbocycles. The second kappa shape index (κ2) is 4.52. The number of hydrogen-bond acceptors (Lipinski definition) is 2. The van der Waals surface area contributed by atoms with Crippen molar-refractivity contribution in [1.82, 2.24) is 5.32 Å². The van der Waals surface area contributed by atoms with Crippen LogP contribution in [0.5, 0.6) is 0 Å². The van der Waals surface area contributed by atoms with E-state index in [1.807, 2.05) is 13.0 Å². The first-order valence-corrected chi connectivity index (χ1v) is 5.78. The summed E-state index contributed by atoms with van der Waals surface area (Å²) in [5.74, 6) is 1.01. The van der Waals surface area contributed by atoms with Crippen molar-refractivity contribution in [2.24, 2.45) is 4.99 Å². The summed E-state index contributed by atoms with van der Waals surface area (Å²) in [7, 11) is 0. The molecule has 0 saturated carbocycles. The number of benzene rings is 1. The zero-order valence-corrected chi connectivity index (χ0v) is 10.1. The van der Waals surface area contributed by atoms with E-state index in [0.29, 0.717) is 0 Å². The largest absolute Gasteiger partial charge is 0.348 e. The highest BCUT2D eigenvalue weighted by Crippen LogP contribution is 2.30. The molecule has 0 fully saturated rings. The van der Waals surface area contributed by atoms with E-state index < -0.39 is 0 Å². The van der Waals surface area contributed by atoms with E-state index in [9.17, 15) is 0 Å². The van der Waals surface area contributed by atoms with Gasteiger partial charge >= 0.3 is 0 Å². The zero-order valence-electron chi connectivity index (χ0n) is 10.1. The van der Waals surface area contributed by atoms with Crippen molar-refractivity contribution in [3.05, 3.63) is 47.2 Å². The highest BCUT2D eigenvalue weighted by atomic mass is 15.0. The molecule has 1 unspecified atom stereocenters. The third kappa shape index (κ3) is 2.01. The standard InChI is InChI=1S/C14H18N2/c1-4-13-10(2)14(16-11(3)15-13)12-8-6-5-7-9-12/h5-9,14H,4H2,1-3H3,(H,15,16). The lowest BCUT2D eigenvalue weighted by Crippen LogP contribution is -2.27. The molecule has 0 spiro atoms. The first kappa shape index (κ1) is 10.9.